The van der Waals surface area contributed by atoms with E-state index in [-0.39, 0.29) is 27.3 Å². The number of hydrogen-bond acceptors (Lipinski definition) is 7. The summed E-state index contributed by atoms with van der Waals surface area (Å²) in [5.74, 6) is -0.416. The van der Waals surface area contributed by atoms with Crippen LogP contribution in [0.25, 0.3) is 17.0 Å². The number of benzene rings is 2. The number of fused-ring (bicyclic) bond motifs is 1. The van der Waals surface area contributed by atoms with Crippen molar-refractivity contribution < 1.29 is 32.3 Å². The van der Waals surface area contributed by atoms with E-state index in [1.54, 1.807) is 63.1 Å². The second-order valence-corrected chi connectivity index (χ2v) is 13.0. The molecule has 234 valence electrons. The van der Waals surface area contributed by atoms with Crippen molar-refractivity contribution in [3.05, 3.63) is 69.2 Å². The zero-order valence-corrected chi connectivity index (χ0v) is 26.1. The number of amides is 3. The van der Waals surface area contributed by atoms with Gasteiger partial charge in [0.1, 0.15) is 5.60 Å². The molecule has 2 aliphatic rings. The second-order valence-electron chi connectivity index (χ2n) is 11.6. The van der Waals surface area contributed by atoms with E-state index in [0.717, 1.165) is 17.8 Å². The zero-order chi connectivity index (χ0) is 32.0. The number of hydrogen-bond donors (Lipinski definition) is 0. The summed E-state index contributed by atoms with van der Waals surface area (Å²) in [6, 6.07) is 8.85. The fraction of sp³-hybridized carbons (Fsp3) is 0.400. The highest BCUT2D eigenvalue weighted by molar-refractivity contribution is 8.18. The Kier molecular flexibility index (Phi) is 8.76. The summed E-state index contributed by atoms with van der Waals surface area (Å²) in [7, 11) is 0. The highest BCUT2D eigenvalue weighted by Crippen LogP contribution is 2.36. The van der Waals surface area contributed by atoms with Gasteiger partial charge < -0.3 is 9.64 Å². The molecular formula is C30H31ClF3N5O4S. The maximum absolute atomic E-state index is 13.6. The van der Waals surface area contributed by atoms with Crippen molar-refractivity contribution in [3.63, 3.8) is 0 Å². The van der Waals surface area contributed by atoms with E-state index in [1.165, 1.54) is 21.7 Å². The first-order chi connectivity index (χ1) is 20.6. The van der Waals surface area contributed by atoms with Crippen molar-refractivity contribution in [1.29, 1.82) is 0 Å². The maximum Gasteiger partial charge on any atom is 0.416 e. The first-order valence-corrected chi connectivity index (χ1v) is 15.1. The van der Waals surface area contributed by atoms with Crippen molar-refractivity contribution in [1.82, 2.24) is 24.5 Å². The van der Waals surface area contributed by atoms with Gasteiger partial charge >= 0.3 is 12.3 Å². The lowest BCUT2D eigenvalue weighted by Gasteiger charge is -2.40. The highest BCUT2D eigenvalue weighted by atomic mass is 35.5. The SMILES string of the molecule is CC(N1CCN(C(=O)OC(C)(C)C)CC1)N1C(=O)S/C(=C\c2ccc3c(cnn3Cc3ccc(Cl)cc3C(F)(F)F)c2)C1=O. The monoisotopic (exact) mass is 649 g/mol. The van der Waals surface area contributed by atoms with Crippen molar-refractivity contribution in [2.45, 2.75) is 52.2 Å². The minimum Gasteiger partial charge on any atom is -0.444 e. The fourth-order valence-corrected chi connectivity index (χ4v) is 6.23. The molecule has 0 N–H and O–H groups in total. The van der Waals surface area contributed by atoms with E-state index in [9.17, 15) is 27.6 Å². The summed E-state index contributed by atoms with van der Waals surface area (Å²) in [5.41, 5.74) is -0.134. The Morgan fingerprint density at radius 1 is 1.09 bits per heavy atom. The molecule has 9 nitrogen and oxygen atoms in total. The molecule has 3 heterocycles. The molecule has 2 aliphatic heterocycles. The van der Waals surface area contributed by atoms with Gasteiger partial charge in [-0.05, 0) is 80.9 Å². The molecule has 0 bridgehead atoms. The van der Waals surface area contributed by atoms with Crippen LogP contribution in [-0.4, -0.2) is 79.7 Å². The predicted octanol–water partition coefficient (Wildman–Crippen LogP) is 6.69. The second kappa shape index (κ2) is 12.1. The largest absolute Gasteiger partial charge is 0.444 e. The Labute approximate surface area is 261 Å². The number of imide groups is 1. The topological polar surface area (TPSA) is 88.0 Å². The van der Waals surface area contributed by atoms with Crippen LogP contribution in [0.15, 0.2) is 47.5 Å². The number of ether oxygens (including phenoxy) is 1. The molecule has 2 saturated heterocycles. The first-order valence-electron chi connectivity index (χ1n) is 13.9. The molecule has 14 heteroatoms. The predicted molar refractivity (Wildman–Crippen MR) is 162 cm³/mol. The van der Waals surface area contributed by atoms with E-state index in [4.69, 9.17) is 16.3 Å². The molecule has 44 heavy (non-hydrogen) atoms. The third-order valence-corrected chi connectivity index (χ3v) is 8.47. The molecule has 0 radical (unpaired) electrons. The van der Waals surface area contributed by atoms with Gasteiger partial charge in [0.25, 0.3) is 11.1 Å². The Balaban J connectivity index is 1.27. The lowest BCUT2D eigenvalue weighted by atomic mass is 10.1. The summed E-state index contributed by atoms with van der Waals surface area (Å²) in [6.45, 7) is 8.86. The fourth-order valence-electron chi connectivity index (χ4n) is 5.15. The van der Waals surface area contributed by atoms with Gasteiger partial charge in [-0.3, -0.25) is 24.1 Å². The van der Waals surface area contributed by atoms with Crippen LogP contribution < -0.4 is 0 Å². The minimum atomic E-state index is -4.56. The Bertz CT molecular complexity index is 1640. The first kappa shape index (κ1) is 31.9. The van der Waals surface area contributed by atoms with Gasteiger partial charge in [0.15, 0.2) is 0 Å². The summed E-state index contributed by atoms with van der Waals surface area (Å²) in [5, 5.41) is 4.55. The van der Waals surface area contributed by atoms with E-state index in [0.29, 0.717) is 42.6 Å². The van der Waals surface area contributed by atoms with E-state index in [2.05, 4.69) is 5.10 Å². The number of thioether (sulfide) groups is 1. The van der Waals surface area contributed by atoms with Crippen LogP contribution in [-0.2, 0) is 22.3 Å². The molecular weight excluding hydrogens is 619 g/mol. The molecule has 3 amide bonds. The third kappa shape index (κ3) is 6.89. The van der Waals surface area contributed by atoms with E-state index >= 15 is 0 Å². The van der Waals surface area contributed by atoms with Gasteiger partial charge in [-0.2, -0.15) is 18.3 Å². The molecule has 1 atom stereocenters. The normalized spacial score (nSPS) is 18.5. The van der Waals surface area contributed by atoms with Crippen molar-refractivity contribution in [2.75, 3.05) is 26.2 Å². The van der Waals surface area contributed by atoms with Crippen molar-refractivity contribution >= 4 is 57.6 Å². The van der Waals surface area contributed by atoms with Gasteiger partial charge in [-0.25, -0.2) is 4.79 Å². The average Bonchev–Trinajstić information content (AvgIpc) is 3.46. The molecule has 1 aromatic heterocycles. The maximum atomic E-state index is 13.6. The zero-order valence-electron chi connectivity index (χ0n) is 24.5. The quantitative estimate of drug-likeness (QED) is 0.285. The summed E-state index contributed by atoms with van der Waals surface area (Å²) in [6.07, 6.45) is -2.30. The van der Waals surface area contributed by atoms with Crippen LogP contribution in [0.1, 0.15) is 44.4 Å². The van der Waals surface area contributed by atoms with Crippen molar-refractivity contribution in [3.8, 4) is 0 Å². The number of alkyl halides is 3. The Morgan fingerprint density at radius 2 is 1.80 bits per heavy atom. The van der Waals surface area contributed by atoms with E-state index in [1.807, 2.05) is 4.90 Å². The van der Waals surface area contributed by atoms with Crippen LogP contribution >= 0.6 is 23.4 Å². The van der Waals surface area contributed by atoms with Gasteiger partial charge in [-0.15, -0.1) is 0 Å². The number of aromatic nitrogens is 2. The van der Waals surface area contributed by atoms with Crippen LogP contribution in [0.5, 0.6) is 0 Å². The number of carbonyl (C=O) groups is 3. The standard InChI is InChI=1S/C30H31ClF3N5O4S/c1-18(36-9-11-37(12-10-36)27(41)43-29(2,3)4)39-26(40)25(44-28(39)42)14-19-5-8-24-21(13-19)16-35-38(24)17-20-6-7-22(31)15-23(20)30(32,33)34/h5-8,13-16,18H,9-12,17H2,1-4H3/b25-14-. The number of nitrogens with zero attached hydrogens (tertiary/aromatic N) is 5. The Morgan fingerprint density at radius 3 is 2.45 bits per heavy atom. The van der Waals surface area contributed by atoms with E-state index < -0.39 is 35.5 Å². The molecule has 2 fully saturated rings. The Hall–Kier alpha value is -3.55. The van der Waals surface area contributed by atoms with Gasteiger partial charge in [0, 0.05) is 36.6 Å². The smallest absolute Gasteiger partial charge is 0.416 e. The molecule has 5 rings (SSSR count). The molecule has 3 aromatic rings. The number of halogens is 4. The van der Waals surface area contributed by atoms with Crippen LogP contribution in [0.2, 0.25) is 5.02 Å². The lowest BCUT2D eigenvalue weighted by molar-refractivity contribution is -0.138. The summed E-state index contributed by atoms with van der Waals surface area (Å²) >= 11 is 6.66. The van der Waals surface area contributed by atoms with Crippen LogP contribution in [0.4, 0.5) is 22.8 Å². The molecule has 0 aliphatic carbocycles. The summed E-state index contributed by atoms with van der Waals surface area (Å²) < 4.78 is 47.7. The molecule has 0 saturated carbocycles. The summed E-state index contributed by atoms with van der Waals surface area (Å²) in [4.78, 5) is 43.7. The number of rotatable bonds is 5. The van der Waals surface area contributed by atoms with Crippen LogP contribution in [0.3, 0.4) is 0 Å². The average molecular weight is 650 g/mol. The van der Waals surface area contributed by atoms with Gasteiger partial charge in [0.2, 0.25) is 0 Å². The molecule has 2 aromatic carbocycles. The highest BCUT2D eigenvalue weighted by Gasteiger charge is 2.41. The molecule has 1 unspecified atom stereocenters. The third-order valence-electron chi connectivity index (χ3n) is 7.35. The van der Waals surface area contributed by atoms with Gasteiger partial charge in [-0.1, -0.05) is 23.7 Å². The van der Waals surface area contributed by atoms with Crippen LogP contribution in [0, 0.1) is 0 Å². The minimum absolute atomic E-state index is 0.00406. The number of piperazine rings is 1. The number of carbonyl (C=O) groups excluding carboxylic acids is 3. The van der Waals surface area contributed by atoms with Gasteiger partial charge in [0.05, 0.1) is 34.9 Å². The molecule has 0 spiro atoms. The lowest BCUT2D eigenvalue weighted by Crippen LogP contribution is -2.57. The van der Waals surface area contributed by atoms with Crippen molar-refractivity contribution in [2.24, 2.45) is 0 Å².